The Kier molecular flexibility index (Phi) is 21.6. The molecule has 0 N–H and O–H groups in total. The predicted molar refractivity (Wildman–Crippen MR) is 111 cm³/mol. The highest BCUT2D eigenvalue weighted by Crippen LogP contribution is 2.13. The van der Waals surface area contributed by atoms with E-state index in [1.807, 2.05) is 0 Å². The highest BCUT2D eigenvalue weighted by Gasteiger charge is 1.94. The van der Waals surface area contributed by atoms with Crippen LogP contribution in [0.4, 0.5) is 0 Å². The van der Waals surface area contributed by atoms with Crippen LogP contribution in [0, 0.1) is 12.3 Å². The van der Waals surface area contributed by atoms with Gasteiger partial charge in [0.15, 0.2) is 0 Å². The Hall–Kier alpha value is -0.700. The number of allylic oxidation sites excluding steroid dienone is 2. The summed E-state index contributed by atoms with van der Waals surface area (Å²) in [6, 6.07) is 0. The molecule has 0 aromatic carbocycles. The molecular formula is C24H44. The summed E-state index contributed by atoms with van der Waals surface area (Å²) in [7, 11) is 0. The minimum atomic E-state index is 0.920. The summed E-state index contributed by atoms with van der Waals surface area (Å²) < 4.78 is 0. The first-order valence-electron chi connectivity index (χ1n) is 11.0. The van der Waals surface area contributed by atoms with Gasteiger partial charge in [0.05, 0.1) is 0 Å². The van der Waals surface area contributed by atoms with Gasteiger partial charge >= 0.3 is 0 Å². The molecule has 0 aromatic rings. The van der Waals surface area contributed by atoms with E-state index in [0.717, 1.165) is 19.3 Å². The SMILES string of the molecule is C#CCCCC=CCCCCCCCCCCCCCCCCC. The topological polar surface area (TPSA) is 0 Å². The van der Waals surface area contributed by atoms with Crippen LogP contribution in [-0.2, 0) is 0 Å². The highest BCUT2D eigenvalue weighted by atomic mass is 14.0. The predicted octanol–water partition coefficient (Wildman–Crippen LogP) is 8.61. The second-order valence-corrected chi connectivity index (χ2v) is 7.31. The number of hydrogen-bond acceptors (Lipinski definition) is 0. The number of rotatable bonds is 19. The standard InChI is InChI=1S/C24H44/c1-3-5-7-9-11-13-15-17-19-21-23-24-22-20-18-16-14-12-10-8-6-4-2/h1,11,13H,4-10,12,14-24H2,2H3. The maximum atomic E-state index is 5.24. The van der Waals surface area contributed by atoms with E-state index in [1.165, 1.54) is 103 Å². The van der Waals surface area contributed by atoms with Gasteiger partial charge in [0.25, 0.3) is 0 Å². The minimum absolute atomic E-state index is 0.920. The van der Waals surface area contributed by atoms with Crippen molar-refractivity contribution in [3.05, 3.63) is 12.2 Å². The summed E-state index contributed by atoms with van der Waals surface area (Å²) in [6.45, 7) is 2.29. The van der Waals surface area contributed by atoms with Gasteiger partial charge in [-0.05, 0) is 25.7 Å². The van der Waals surface area contributed by atoms with E-state index in [-0.39, 0.29) is 0 Å². The molecule has 0 aliphatic heterocycles. The van der Waals surface area contributed by atoms with Crippen molar-refractivity contribution < 1.29 is 0 Å². The van der Waals surface area contributed by atoms with E-state index in [9.17, 15) is 0 Å². The summed E-state index contributed by atoms with van der Waals surface area (Å²) in [6.07, 6.45) is 36.0. The number of terminal acetylenes is 1. The van der Waals surface area contributed by atoms with Crippen molar-refractivity contribution in [3.8, 4) is 12.3 Å². The molecule has 0 radical (unpaired) electrons. The first-order valence-corrected chi connectivity index (χ1v) is 11.0. The Morgan fingerprint density at radius 1 is 0.542 bits per heavy atom. The largest absolute Gasteiger partial charge is 0.120 e. The van der Waals surface area contributed by atoms with Crippen molar-refractivity contribution >= 4 is 0 Å². The Balaban J connectivity index is 3.01. The molecular weight excluding hydrogens is 288 g/mol. The van der Waals surface area contributed by atoms with Gasteiger partial charge in [-0.2, -0.15) is 0 Å². The van der Waals surface area contributed by atoms with Gasteiger partial charge in [-0.1, -0.05) is 109 Å². The fourth-order valence-electron chi connectivity index (χ4n) is 3.19. The average molecular weight is 333 g/mol. The zero-order valence-corrected chi connectivity index (χ0v) is 16.7. The summed E-state index contributed by atoms with van der Waals surface area (Å²) in [5.74, 6) is 2.69. The fraction of sp³-hybridized carbons (Fsp3) is 0.833. The lowest BCUT2D eigenvalue weighted by Crippen LogP contribution is -1.83. The van der Waals surface area contributed by atoms with Crippen molar-refractivity contribution in [2.45, 2.75) is 129 Å². The molecule has 24 heavy (non-hydrogen) atoms. The van der Waals surface area contributed by atoms with Gasteiger partial charge in [-0.15, -0.1) is 12.3 Å². The summed E-state index contributed by atoms with van der Waals surface area (Å²) in [5, 5.41) is 0. The Morgan fingerprint density at radius 2 is 0.917 bits per heavy atom. The zero-order chi connectivity index (χ0) is 17.6. The molecule has 0 heteroatoms. The van der Waals surface area contributed by atoms with Crippen molar-refractivity contribution in [1.82, 2.24) is 0 Å². The summed E-state index contributed by atoms with van der Waals surface area (Å²) in [5.41, 5.74) is 0. The first kappa shape index (κ1) is 23.3. The Bertz CT molecular complexity index is 281. The fourth-order valence-corrected chi connectivity index (χ4v) is 3.19. The molecule has 0 heterocycles. The maximum absolute atomic E-state index is 5.24. The molecule has 140 valence electrons. The van der Waals surface area contributed by atoms with E-state index >= 15 is 0 Å². The first-order chi connectivity index (χ1) is 11.9. The number of unbranched alkanes of at least 4 members (excludes halogenated alkanes) is 17. The van der Waals surface area contributed by atoms with E-state index in [0.29, 0.717) is 0 Å². The third kappa shape index (κ3) is 21.3. The van der Waals surface area contributed by atoms with Gasteiger partial charge in [0.1, 0.15) is 0 Å². The van der Waals surface area contributed by atoms with Gasteiger partial charge in [-0.3, -0.25) is 0 Å². The zero-order valence-electron chi connectivity index (χ0n) is 16.7. The van der Waals surface area contributed by atoms with Gasteiger partial charge in [0, 0.05) is 6.42 Å². The Morgan fingerprint density at radius 3 is 1.33 bits per heavy atom. The quantitative estimate of drug-likeness (QED) is 0.126. The van der Waals surface area contributed by atoms with Crippen LogP contribution in [0.2, 0.25) is 0 Å². The van der Waals surface area contributed by atoms with Crippen LogP contribution >= 0.6 is 0 Å². The maximum Gasteiger partial charge on any atom is 0.00890 e. The molecule has 0 aromatic heterocycles. The molecule has 0 amide bonds. The molecule has 0 saturated heterocycles. The van der Waals surface area contributed by atoms with E-state index < -0.39 is 0 Å². The molecule has 0 saturated carbocycles. The lowest BCUT2D eigenvalue weighted by atomic mass is 10.0. The molecule has 0 fully saturated rings. The summed E-state index contributed by atoms with van der Waals surface area (Å²) in [4.78, 5) is 0. The lowest BCUT2D eigenvalue weighted by Gasteiger charge is -2.03. The molecule has 0 aliphatic rings. The van der Waals surface area contributed by atoms with Crippen LogP contribution in [0.25, 0.3) is 0 Å². The smallest absolute Gasteiger partial charge is 0.00890 e. The van der Waals surface area contributed by atoms with Crippen molar-refractivity contribution in [2.75, 3.05) is 0 Å². The van der Waals surface area contributed by atoms with Crippen LogP contribution in [0.5, 0.6) is 0 Å². The van der Waals surface area contributed by atoms with Crippen LogP contribution in [-0.4, -0.2) is 0 Å². The highest BCUT2D eigenvalue weighted by molar-refractivity contribution is 4.87. The molecule has 0 bridgehead atoms. The average Bonchev–Trinajstić information content (AvgIpc) is 2.60. The van der Waals surface area contributed by atoms with Crippen LogP contribution in [0.15, 0.2) is 12.2 Å². The number of hydrogen-bond donors (Lipinski definition) is 0. The molecule has 0 nitrogen and oxygen atoms in total. The van der Waals surface area contributed by atoms with E-state index in [1.54, 1.807) is 0 Å². The lowest BCUT2D eigenvalue weighted by molar-refractivity contribution is 0.533. The third-order valence-corrected chi connectivity index (χ3v) is 4.83. The van der Waals surface area contributed by atoms with E-state index in [4.69, 9.17) is 6.42 Å². The molecule has 0 spiro atoms. The molecule has 0 unspecified atom stereocenters. The summed E-state index contributed by atoms with van der Waals surface area (Å²) >= 11 is 0. The molecule has 0 aliphatic carbocycles. The van der Waals surface area contributed by atoms with Crippen LogP contribution in [0.1, 0.15) is 129 Å². The second-order valence-electron chi connectivity index (χ2n) is 7.31. The minimum Gasteiger partial charge on any atom is -0.120 e. The second kappa shape index (κ2) is 22.3. The van der Waals surface area contributed by atoms with Crippen molar-refractivity contribution in [1.29, 1.82) is 0 Å². The van der Waals surface area contributed by atoms with Gasteiger partial charge in [-0.25, -0.2) is 0 Å². The van der Waals surface area contributed by atoms with Gasteiger partial charge in [0.2, 0.25) is 0 Å². The normalized spacial score (nSPS) is 11.2. The molecule has 0 atom stereocenters. The molecule has 0 rings (SSSR count). The van der Waals surface area contributed by atoms with E-state index in [2.05, 4.69) is 25.0 Å². The van der Waals surface area contributed by atoms with Crippen LogP contribution < -0.4 is 0 Å². The van der Waals surface area contributed by atoms with Crippen molar-refractivity contribution in [2.24, 2.45) is 0 Å². The monoisotopic (exact) mass is 332 g/mol. The Labute approximate surface area is 153 Å². The van der Waals surface area contributed by atoms with Gasteiger partial charge < -0.3 is 0 Å². The van der Waals surface area contributed by atoms with Crippen molar-refractivity contribution in [3.63, 3.8) is 0 Å². The van der Waals surface area contributed by atoms with Crippen LogP contribution in [0.3, 0.4) is 0 Å². The third-order valence-electron chi connectivity index (χ3n) is 4.83.